The van der Waals surface area contributed by atoms with Gasteiger partial charge in [0, 0.05) is 12.1 Å². The van der Waals surface area contributed by atoms with Crippen LogP contribution in [0.2, 0.25) is 0 Å². The number of hydrogen-bond donors (Lipinski definition) is 1. The molecule has 3 rings (SSSR count). The summed E-state index contributed by atoms with van der Waals surface area (Å²) in [6, 6.07) is 8.73. The second-order valence-corrected chi connectivity index (χ2v) is 5.63. The molecule has 146 valence electrons. The average molecular weight is 395 g/mol. The van der Waals surface area contributed by atoms with Crippen LogP contribution >= 0.6 is 0 Å². The van der Waals surface area contributed by atoms with Crippen molar-refractivity contribution in [3.8, 4) is 17.2 Å². The summed E-state index contributed by atoms with van der Waals surface area (Å²) < 4.78 is 62.2. The number of hydrogen-bond acceptors (Lipinski definition) is 5. The summed E-state index contributed by atoms with van der Waals surface area (Å²) in [6.07, 6.45) is -3.53. The van der Waals surface area contributed by atoms with Gasteiger partial charge < -0.3 is 14.5 Å². The first kappa shape index (κ1) is 19.3. The Kier molecular flexibility index (Phi) is 5.57. The molecule has 0 aliphatic rings. The molecule has 0 spiro atoms. The molecule has 0 fully saturated rings. The molecule has 1 heterocycles. The first-order valence-electron chi connectivity index (χ1n) is 7.94. The third-order valence-electron chi connectivity index (χ3n) is 3.68. The second-order valence-electron chi connectivity index (χ2n) is 5.63. The molecule has 1 N–H and O–H groups in total. The average Bonchev–Trinajstić information content (AvgIpc) is 3.20. The van der Waals surface area contributed by atoms with Crippen LogP contribution in [-0.2, 0) is 17.5 Å². The van der Waals surface area contributed by atoms with Gasteiger partial charge in [-0.15, -0.1) is 10.2 Å². The number of nitrogens with zero attached hydrogens (tertiary/aromatic N) is 2. The van der Waals surface area contributed by atoms with E-state index in [2.05, 4.69) is 15.5 Å². The van der Waals surface area contributed by atoms with Gasteiger partial charge in [0.25, 0.3) is 5.91 Å². The van der Waals surface area contributed by atoms with Crippen molar-refractivity contribution in [3.63, 3.8) is 0 Å². The number of carbonyl (C=O) groups excluding carboxylic acids is 1. The van der Waals surface area contributed by atoms with E-state index in [0.717, 1.165) is 12.1 Å². The fourth-order valence-corrected chi connectivity index (χ4v) is 2.35. The van der Waals surface area contributed by atoms with Crippen molar-refractivity contribution < 1.29 is 31.5 Å². The lowest BCUT2D eigenvalue weighted by Gasteiger charge is -2.14. The minimum absolute atomic E-state index is 0.244. The molecular formula is C18H13F4N3O3. The van der Waals surface area contributed by atoms with E-state index in [4.69, 9.17) is 9.15 Å². The maximum atomic E-state index is 13.1. The largest absolute Gasteiger partial charge is 0.484 e. The van der Waals surface area contributed by atoms with Crippen molar-refractivity contribution in [3.05, 3.63) is 65.8 Å². The number of amides is 1. The molecule has 0 aliphatic carbocycles. The number of aromatic nitrogens is 2. The van der Waals surface area contributed by atoms with E-state index in [-0.39, 0.29) is 5.56 Å². The Morgan fingerprint density at radius 2 is 1.89 bits per heavy atom. The highest BCUT2D eigenvalue weighted by molar-refractivity contribution is 5.77. The number of halogens is 4. The number of alkyl halides is 3. The number of rotatable bonds is 6. The van der Waals surface area contributed by atoms with E-state index >= 15 is 0 Å². The molecule has 1 amide bonds. The lowest BCUT2D eigenvalue weighted by atomic mass is 10.1. The molecule has 0 unspecified atom stereocenters. The van der Waals surface area contributed by atoms with Crippen LogP contribution < -0.4 is 10.1 Å². The van der Waals surface area contributed by atoms with Crippen molar-refractivity contribution >= 4 is 5.91 Å². The standard InChI is InChI=1S/C18H13F4N3O3/c19-13-4-1-12(15(7-13)18(20,21)22)8-23-16(26)9-27-14-5-2-11(3-6-14)17-25-24-10-28-17/h1-7,10H,8-9H2,(H,23,26). The van der Waals surface area contributed by atoms with E-state index in [0.29, 0.717) is 23.3 Å². The summed E-state index contributed by atoms with van der Waals surface area (Å²) >= 11 is 0. The van der Waals surface area contributed by atoms with Crippen molar-refractivity contribution in [2.75, 3.05) is 6.61 Å². The lowest BCUT2D eigenvalue weighted by Crippen LogP contribution is -2.29. The molecule has 1 aromatic heterocycles. The molecule has 10 heteroatoms. The van der Waals surface area contributed by atoms with Crippen molar-refractivity contribution in [1.82, 2.24) is 15.5 Å². The van der Waals surface area contributed by atoms with E-state index in [1.807, 2.05) is 0 Å². The van der Waals surface area contributed by atoms with Gasteiger partial charge in [-0.2, -0.15) is 13.2 Å². The van der Waals surface area contributed by atoms with Crippen molar-refractivity contribution in [2.24, 2.45) is 0 Å². The number of benzene rings is 2. The normalized spacial score (nSPS) is 11.3. The highest BCUT2D eigenvalue weighted by Crippen LogP contribution is 2.32. The fraction of sp³-hybridized carbons (Fsp3) is 0.167. The van der Waals surface area contributed by atoms with Crippen LogP contribution in [0.4, 0.5) is 17.6 Å². The third kappa shape index (κ3) is 4.84. The summed E-state index contributed by atoms with van der Waals surface area (Å²) in [4.78, 5) is 11.8. The Morgan fingerprint density at radius 3 is 2.54 bits per heavy atom. The molecular weight excluding hydrogens is 382 g/mol. The first-order chi connectivity index (χ1) is 13.3. The molecule has 0 atom stereocenters. The van der Waals surface area contributed by atoms with Crippen molar-refractivity contribution in [2.45, 2.75) is 12.7 Å². The smallest absolute Gasteiger partial charge is 0.416 e. The molecule has 6 nitrogen and oxygen atoms in total. The van der Waals surface area contributed by atoms with Crippen LogP contribution in [0.15, 0.2) is 53.3 Å². The van der Waals surface area contributed by atoms with E-state index in [1.165, 1.54) is 6.39 Å². The highest BCUT2D eigenvalue weighted by atomic mass is 19.4. The minimum Gasteiger partial charge on any atom is -0.484 e. The zero-order valence-electron chi connectivity index (χ0n) is 14.2. The van der Waals surface area contributed by atoms with E-state index in [9.17, 15) is 22.4 Å². The molecule has 28 heavy (non-hydrogen) atoms. The fourth-order valence-electron chi connectivity index (χ4n) is 2.35. The van der Waals surface area contributed by atoms with Crippen LogP contribution in [0, 0.1) is 5.82 Å². The predicted octanol–water partition coefficient (Wildman–Crippen LogP) is 3.59. The molecule has 0 aliphatic heterocycles. The number of nitrogens with one attached hydrogen (secondary N) is 1. The topological polar surface area (TPSA) is 77.2 Å². The minimum atomic E-state index is -4.72. The van der Waals surface area contributed by atoms with Gasteiger partial charge in [0.2, 0.25) is 12.3 Å². The van der Waals surface area contributed by atoms with Gasteiger partial charge in [0.05, 0.1) is 5.56 Å². The van der Waals surface area contributed by atoms with Crippen LogP contribution in [-0.4, -0.2) is 22.7 Å². The molecule has 0 bridgehead atoms. The van der Waals surface area contributed by atoms with E-state index < -0.39 is 36.6 Å². The summed E-state index contributed by atoms with van der Waals surface area (Å²) in [5.41, 5.74) is -0.721. The summed E-state index contributed by atoms with van der Waals surface area (Å²) in [7, 11) is 0. The SMILES string of the molecule is O=C(COc1ccc(-c2nnco2)cc1)NCc1ccc(F)cc1C(F)(F)F. The maximum absolute atomic E-state index is 13.1. The zero-order chi connectivity index (χ0) is 20.1. The van der Waals surface area contributed by atoms with Crippen LogP contribution in [0.5, 0.6) is 5.75 Å². The highest BCUT2D eigenvalue weighted by Gasteiger charge is 2.33. The van der Waals surface area contributed by atoms with Gasteiger partial charge in [0.1, 0.15) is 11.6 Å². The quantitative estimate of drug-likeness (QED) is 0.646. The number of carbonyl (C=O) groups is 1. The predicted molar refractivity (Wildman–Crippen MR) is 88.5 cm³/mol. The van der Waals surface area contributed by atoms with Crippen LogP contribution in [0.25, 0.3) is 11.5 Å². The second kappa shape index (κ2) is 8.07. The van der Waals surface area contributed by atoms with Gasteiger partial charge in [-0.3, -0.25) is 4.79 Å². The van der Waals surface area contributed by atoms with Crippen LogP contribution in [0.1, 0.15) is 11.1 Å². The van der Waals surface area contributed by atoms with E-state index in [1.54, 1.807) is 24.3 Å². The van der Waals surface area contributed by atoms with Gasteiger partial charge in [-0.25, -0.2) is 4.39 Å². The molecule has 0 saturated heterocycles. The van der Waals surface area contributed by atoms with Gasteiger partial charge in [-0.05, 0) is 42.0 Å². The Hall–Kier alpha value is -3.43. The molecule has 3 aromatic rings. The van der Waals surface area contributed by atoms with Crippen molar-refractivity contribution in [1.29, 1.82) is 0 Å². The first-order valence-corrected chi connectivity index (χ1v) is 7.94. The monoisotopic (exact) mass is 395 g/mol. The summed E-state index contributed by atoms with van der Waals surface area (Å²) in [6.45, 7) is -0.810. The lowest BCUT2D eigenvalue weighted by molar-refractivity contribution is -0.138. The number of ether oxygens (including phenoxy) is 1. The molecule has 0 saturated carbocycles. The van der Waals surface area contributed by atoms with Gasteiger partial charge >= 0.3 is 6.18 Å². The Morgan fingerprint density at radius 1 is 1.14 bits per heavy atom. The maximum Gasteiger partial charge on any atom is 0.416 e. The molecule has 0 radical (unpaired) electrons. The third-order valence-corrected chi connectivity index (χ3v) is 3.68. The summed E-state index contributed by atoms with van der Waals surface area (Å²) in [5, 5.41) is 9.62. The summed E-state index contributed by atoms with van der Waals surface area (Å²) in [5.74, 6) is -0.937. The van der Waals surface area contributed by atoms with Gasteiger partial charge in [-0.1, -0.05) is 6.07 Å². The Labute approximate surface area is 156 Å². The van der Waals surface area contributed by atoms with Crippen LogP contribution in [0.3, 0.4) is 0 Å². The zero-order valence-corrected chi connectivity index (χ0v) is 14.2. The molecule has 2 aromatic carbocycles. The Bertz CT molecular complexity index is 942. The Balaban J connectivity index is 1.54. The van der Waals surface area contributed by atoms with Gasteiger partial charge in [0.15, 0.2) is 6.61 Å².